The minimum atomic E-state index is -1.02. The summed E-state index contributed by atoms with van der Waals surface area (Å²) in [5.41, 5.74) is 0.430. The van der Waals surface area contributed by atoms with Crippen LogP contribution >= 0.6 is 34.7 Å². The highest BCUT2D eigenvalue weighted by Gasteiger charge is 2.48. The largest absolute Gasteiger partial charge is 0.474 e. The lowest BCUT2D eigenvalue weighted by atomic mass is 9.79. The van der Waals surface area contributed by atoms with Gasteiger partial charge in [-0.2, -0.15) is 11.3 Å². The van der Waals surface area contributed by atoms with E-state index in [1.54, 1.807) is 6.07 Å². The SMILES string of the molecule is O=C1CC(c2ccsc2)(c2cccc(OC3CCC3)n2)NC(=O)C1Sc1ccccc1Cl. The third kappa shape index (κ3) is 4.05. The molecule has 0 radical (unpaired) electrons. The third-order valence-corrected chi connectivity index (χ3v) is 8.35. The average molecular weight is 485 g/mol. The average Bonchev–Trinajstić information content (AvgIpc) is 3.30. The number of nitrogens with one attached hydrogen (secondary N) is 1. The normalized spacial score (nSPS) is 23.5. The van der Waals surface area contributed by atoms with Crippen molar-refractivity contribution in [3.05, 3.63) is 75.6 Å². The molecule has 32 heavy (non-hydrogen) atoms. The number of aromatic nitrogens is 1. The van der Waals surface area contributed by atoms with Gasteiger partial charge in [0.15, 0.2) is 5.78 Å². The molecule has 2 atom stereocenters. The molecule has 164 valence electrons. The molecule has 3 aromatic rings. The fourth-order valence-electron chi connectivity index (χ4n) is 3.97. The molecule has 0 bridgehead atoms. The van der Waals surface area contributed by atoms with E-state index < -0.39 is 10.8 Å². The Morgan fingerprint density at radius 2 is 1.97 bits per heavy atom. The highest BCUT2D eigenvalue weighted by molar-refractivity contribution is 8.01. The van der Waals surface area contributed by atoms with Crippen molar-refractivity contribution >= 4 is 46.4 Å². The second kappa shape index (κ2) is 8.89. The van der Waals surface area contributed by atoms with Gasteiger partial charge in [0, 0.05) is 17.4 Å². The zero-order valence-corrected chi connectivity index (χ0v) is 19.5. The molecule has 2 aromatic heterocycles. The summed E-state index contributed by atoms with van der Waals surface area (Å²) in [5, 5.41) is 6.69. The van der Waals surface area contributed by atoms with Gasteiger partial charge in [0.2, 0.25) is 11.8 Å². The lowest BCUT2D eigenvalue weighted by molar-refractivity contribution is -0.133. The Bertz CT molecular complexity index is 1130. The van der Waals surface area contributed by atoms with Gasteiger partial charge >= 0.3 is 0 Å². The van der Waals surface area contributed by atoms with Gasteiger partial charge in [0.1, 0.15) is 16.9 Å². The van der Waals surface area contributed by atoms with E-state index in [4.69, 9.17) is 21.3 Å². The first-order chi connectivity index (χ1) is 15.5. The number of amides is 1. The number of ketones is 1. The van der Waals surface area contributed by atoms with Crippen LogP contribution in [0.2, 0.25) is 5.02 Å². The van der Waals surface area contributed by atoms with Gasteiger partial charge < -0.3 is 10.1 Å². The van der Waals surface area contributed by atoms with Crippen LogP contribution in [0.15, 0.2) is 64.2 Å². The van der Waals surface area contributed by atoms with E-state index in [2.05, 4.69) is 5.32 Å². The summed E-state index contributed by atoms with van der Waals surface area (Å²) in [5.74, 6) is 0.0255. The van der Waals surface area contributed by atoms with Gasteiger partial charge in [0.05, 0.1) is 10.7 Å². The van der Waals surface area contributed by atoms with Crippen molar-refractivity contribution < 1.29 is 14.3 Å². The van der Waals surface area contributed by atoms with Gasteiger partial charge in [-0.25, -0.2) is 4.98 Å². The molecule has 2 fully saturated rings. The molecule has 2 unspecified atom stereocenters. The quantitative estimate of drug-likeness (QED) is 0.486. The lowest BCUT2D eigenvalue weighted by Gasteiger charge is -2.39. The van der Waals surface area contributed by atoms with E-state index in [1.165, 1.54) is 23.1 Å². The third-order valence-electron chi connectivity index (χ3n) is 5.90. The molecule has 8 heteroatoms. The molecular formula is C24H21ClN2O3S2. The highest BCUT2D eigenvalue weighted by atomic mass is 35.5. The summed E-state index contributed by atoms with van der Waals surface area (Å²) in [6.45, 7) is 0. The molecule has 3 heterocycles. The number of piperidine rings is 1. The second-order valence-electron chi connectivity index (χ2n) is 8.01. The Morgan fingerprint density at radius 3 is 2.66 bits per heavy atom. The fraction of sp³-hybridized carbons (Fsp3) is 0.292. The van der Waals surface area contributed by atoms with Crippen LogP contribution in [0.3, 0.4) is 0 Å². The molecule has 5 nitrogen and oxygen atoms in total. The Hall–Kier alpha value is -2.35. The van der Waals surface area contributed by atoms with Crippen LogP contribution in [0, 0.1) is 0 Å². The van der Waals surface area contributed by atoms with Crippen molar-refractivity contribution in [2.24, 2.45) is 0 Å². The maximum absolute atomic E-state index is 13.3. The molecule has 1 aliphatic heterocycles. The zero-order valence-electron chi connectivity index (χ0n) is 17.1. The first-order valence-corrected chi connectivity index (χ1v) is 12.7. The molecule has 0 spiro atoms. The molecular weight excluding hydrogens is 464 g/mol. The minimum Gasteiger partial charge on any atom is -0.474 e. The lowest BCUT2D eigenvalue weighted by Crippen LogP contribution is -2.58. The van der Waals surface area contributed by atoms with Gasteiger partial charge in [-0.15, -0.1) is 11.8 Å². The number of nitrogens with zero attached hydrogens (tertiary/aromatic N) is 1. The van der Waals surface area contributed by atoms with Gasteiger partial charge in [0.25, 0.3) is 0 Å². The standard InChI is InChI=1S/C24H21ClN2O3S2/c25-17-7-1-2-8-19(17)32-22-18(28)13-24(27-23(22)29,15-11-12-31-14-15)20-9-4-10-21(26-20)30-16-5-3-6-16/h1-2,4,7-12,14,16,22H,3,5-6,13H2,(H,27,29). The van der Waals surface area contributed by atoms with Crippen LogP contribution in [0.5, 0.6) is 5.88 Å². The number of ether oxygens (including phenoxy) is 1. The predicted molar refractivity (Wildman–Crippen MR) is 126 cm³/mol. The molecule has 1 N–H and O–H groups in total. The van der Waals surface area contributed by atoms with Crippen LogP contribution < -0.4 is 10.1 Å². The monoisotopic (exact) mass is 484 g/mol. The van der Waals surface area contributed by atoms with Crippen LogP contribution in [0.4, 0.5) is 0 Å². The number of halogens is 1. The summed E-state index contributed by atoms with van der Waals surface area (Å²) in [4.78, 5) is 32.0. The van der Waals surface area contributed by atoms with Crippen LogP contribution in [0.1, 0.15) is 36.9 Å². The maximum Gasteiger partial charge on any atom is 0.242 e. The number of thioether (sulfide) groups is 1. The number of hydrogen-bond acceptors (Lipinski definition) is 6. The Labute approximate surface area is 199 Å². The first-order valence-electron chi connectivity index (χ1n) is 10.5. The number of thiophene rings is 1. The number of rotatable bonds is 6. The second-order valence-corrected chi connectivity index (χ2v) is 10.3. The number of Topliss-reactive ketones (excluding diaryl/α,β-unsaturated/α-hetero) is 1. The summed E-state index contributed by atoms with van der Waals surface area (Å²) < 4.78 is 5.99. The number of pyridine rings is 1. The maximum atomic E-state index is 13.3. The minimum absolute atomic E-state index is 0.109. The zero-order chi connectivity index (χ0) is 22.1. The summed E-state index contributed by atoms with van der Waals surface area (Å²) in [6.07, 6.45) is 3.51. The summed E-state index contributed by atoms with van der Waals surface area (Å²) >= 11 is 8.97. The molecule has 2 aliphatic rings. The Balaban J connectivity index is 1.47. The van der Waals surface area contributed by atoms with E-state index in [1.807, 2.05) is 53.2 Å². The Kier molecular flexibility index (Phi) is 5.97. The van der Waals surface area contributed by atoms with Gasteiger partial charge in [-0.1, -0.05) is 29.8 Å². The van der Waals surface area contributed by atoms with Crippen LogP contribution in [-0.4, -0.2) is 28.0 Å². The molecule has 1 saturated heterocycles. The smallest absolute Gasteiger partial charge is 0.242 e. The van der Waals surface area contributed by atoms with Crippen molar-refractivity contribution in [1.29, 1.82) is 0 Å². The van der Waals surface area contributed by atoms with E-state index >= 15 is 0 Å². The van der Waals surface area contributed by atoms with Crippen molar-refractivity contribution in [2.45, 2.75) is 47.5 Å². The highest BCUT2D eigenvalue weighted by Crippen LogP contribution is 2.41. The molecule has 1 saturated carbocycles. The van der Waals surface area contributed by atoms with E-state index in [9.17, 15) is 9.59 Å². The topological polar surface area (TPSA) is 68.3 Å². The Morgan fingerprint density at radius 1 is 1.12 bits per heavy atom. The van der Waals surface area contributed by atoms with E-state index in [0.29, 0.717) is 21.5 Å². The molecule has 5 rings (SSSR count). The summed E-state index contributed by atoms with van der Waals surface area (Å²) in [7, 11) is 0. The van der Waals surface area contributed by atoms with Crippen molar-refractivity contribution in [2.75, 3.05) is 0 Å². The molecule has 1 amide bonds. The van der Waals surface area contributed by atoms with Gasteiger partial charge in [-0.05, 0) is 59.9 Å². The predicted octanol–water partition coefficient (Wildman–Crippen LogP) is 5.22. The number of hydrogen-bond donors (Lipinski definition) is 1. The molecule has 1 aliphatic carbocycles. The first kappa shape index (κ1) is 21.5. The number of carbonyl (C=O) groups is 2. The van der Waals surface area contributed by atoms with Crippen molar-refractivity contribution in [1.82, 2.24) is 10.3 Å². The van der Waals surface area contributed by atoms with Crippen LogP contribution in [-0.2, 0) is 15.1 Å². The van der Waals surface area contributed by atoms with Crippen molar-refractivity contribution in [3.8, 4) is 5.88 Å². The number of carbonyl (C=O) groups excluding carboxylic acids is 2. The summed E-state index contributed by atoms with van der Waals surface area (Å²) in [6, 6.07) is 14.7. The van der Waals surface area contributed by atoms with E-state index in [0.717, 1.165) is 24.8 Å². The van der Waals surface area contributed by atoms with Crippen LogP contribution in [0.25, 0.3) is 0 Å². The molecule has 1 aromatic carbocycles. The van der Waals surface area contributed by atoms with Gasteiger partial charge in [-0.3, -0.25) is 9.59 Å². The van der Waals surface area contributed by atoms with Crippen molar-refractivity contribution in [3.63, 3.8) is 0 Å². The number of benzene rings is 1. The fourth-order valence-corrected chi connectivity index (χ4v) is 5.94. The van der Waals surface area contributed by atoms with E-state index in [-0.39, 0.29) is 24.2 Å².